The number of carbonyl (C=O) groups is 3. The molecule has 0 aromatic heterocycles. The molecule has 13 heteroatoms. The average molecular weight is 600 g/mol. The zero-order chi connectivity index (χ0) is 31.4. The van der Waals surface area contributed by atoms with E-state index < -0.39 is 23.9 Å². The van der Waals surface area contributed by atoms with Crippen LogP contribution < -0.4 is 14.8 Å². The molecule has 2 N–H and O–H groups in total. The number of hydrogen-bond donors (Lipinski definition) is 2. The summed E-state index contributed by atoms with van der Waals surface area (Å²) in [5, 5.41) is 10.1. The standard InChI is InChI=1S/C27H36FN3O4.C2HF3O2/c1-19(2)18-34-25-9-5-21(6-10-25)16-29-27(33)31(24-11-13-30(4)14-12-24)17-22-7-8-23(28)15-26(22)35-20(3)32;3-2(4,5)1(6)7/h5-10,15,19,24H,11-14,16-18H2,1-4H3,(H,29,33);(H,6,7). The number of halogens is 4. The topological polar surface area (TPSA) is 108 Å². The summed E-state index contributed by atoms with van der Waals surface area (Å²) in [7, 11) is 2.06. The molecule has 3 rings (SSSR count). The summed E-state index contributed by atoms with van der Waals surface area (Å²) in [5.41, 5.74) is 1.54. The lowest BCUT2D eigenvalue weighted by Gasteiger charge is -2.37. The molecular weight excluding hydrogens is 562 g/mol. The van der Waals surface area contributed by atoms with Crippen molar-refractivity contribution in [2.45, 2.75) is 58.9 Å². The van der Waals surface area contributed by atoms with Gasteiger partial charge in [0.25, 0.3) is 0 Å². The van der Waals surface area contributed by atoms with Crippen LogP contribution in [0.3, 0.4) is 0 Å². The maximum atomic E-state index is 13.8. The fourth-order valence-corrected chi connectivity index (χ4v) is 4.01. The molecule has 1 saturated heterocycles. The van der Waals surface area contributed by atoms with E-state index in [4.69, 9.17) is 19.4 Å². The lowest BCUT2D eigenvalue weighted by Crippen LogP contribution is -2.49. The van der Waals surface area contributed by atoms with E-state index in [1.54, 1.807) is 11.0 Å². The van der Waals surface area contributed by atoms with E-state index in [9.17, 15) is 27.2 Å². The monoisotopic (exact) mass is 599 g/mol. The summed E-state index contributed by atoms with van der Waals surface area (Å²) in [4.78, 5) is 37.8. The zero-order valence-corrected chi connectivity index (χ0v) is 24.0. The smallest absolute Gasteiger partial charge is 0.490 e. The van der Waals surface area contributed by atoms with Crippen LogP contribution in [0.2, 0.25) is 0 Å². The Morgan fingerprint density at radius 1 is 1.10 bits per heavy atom. The highest BCUT2D eigenvalue weighted by Crippen LogP contribution is 2.26. The Morgan fingerprint density at radius 2 is 1.69 bits per heavy atom. The first-order chi connectivity index (χ1) is 19.6. The van der Waals surface area contributed by atoms with Crippen LogP contribution in [-0.4, -0.2) is 71.8 Å². The first-order valence-corrected chi connectivity index (χ1v) is 13.4. The largest absolute Gasteiger partial charge is 0.493 e. The third kappa shape index (κ3) is 11.9. The van der Waals surface area contributed by atoms with Crippen LogP contribution in [0, 0.1) is 11.7 Å². The quantitative estimate of drug-likeness (QED) is 0.231. The molecule has 0 atom stereocenters. The fraction of sp³-hybridized carbons (Fsp3) is 0.483. The van der Waals surface area contributed by atoms with Crippen LogP contribution >= 0.6 is 0 Å². The molecule has 2 aromatic carbocycles. The molecule has 0 radical (unpaired) electrons. The molecule has 0 bridgehead atoms. The normalized spacial score (nSPS) is 14.0. The number of benzene rings is 2. The van der Waals surface area contributed by atoms with Crippen molar-refractivity contribution in [2.24, 2.45) is 5.92 Å². The van der Waals surface area contributed by atoms with Crippen molar-refractivity contribution < 1.29 is 46.5 Å². The second-order valence-electron chi connectivity index (χ2n) is 10.3. The molecule has 0 saturated carbocycles. The number of rotatable bonds is 9. The minimum absolute atomic E-state index is 0.0215. The van der Waals surface area contributed by atoms with Gasteiger partial charge >= 0.3 is 24.1 Å². The molecule has 42 heavy (non-hydrogen) atoms. The molecular formula is C29H37F4N3O6. The van der Waals surface area contributed by atoms with Crippen LogP contribution in [0.25, 0.3) is 0 Å². The van der Waals surface area contributed by atoms with Gasteiger partial charge in [-0.05, 0) is 62.7 Å². The van der Waals surface area contributed by atoms with Crippen LogP contribution in [0.4, 0.5) is 22.4 Å². The number of alkyl halides is 3. The van der Waals surface area contributed by atoms with Gasteiger partial charge in [0.15, 0.2) is 0 Å². The molecule has 9 nitrogen and oxygen atoms in total. The first kappa shape index (κ1) is 34.3. The van der Waals surface area contributed by atoms with Gasteiger partial charge in [-0.25, -0.2) is 14.0 Å². The number of urea groups is 1. The van der Waals surface area contributed by atoms with Crippen molar-refractivity contribution in [1.82, 2.24) is 15.1 Å². The van der Waals surface area contributed by atoms with Gasteiger partial charge in [0.05, 0.1) is 13.2 Å². The average Bonchev–Trinajstić information content (AvgIpc) is 2.91. The molecule has 1 heterocycles. The van der Waals surface area contributed by atoms with E-state index >= 15 is 0 Å². The Balaban J connectivity index is 0.000000782. The number of aliphatic carboxylic acids is 1. The number of hydrogen-bond acceptors (Lipinski definition) is 6. The summed E-state index contributed by atoms with van der Waals surface area (Å²) in [6.45, 7) is 8.47. The summed E-state index contributed by atoms with van der Waals surface area (Å²) < 4.78 is 56.5. The number of likely N-dealkylation sites (tertiary alicyclic amines) is 1. The molecule has 0 spiro atoms. The predicted octanol–water partition coefficient (Wildman–Crippen LogP) is 5.23. The number of carbonyl (C=O) groups excluding carboxylic acids is 2. The molecule has 2 aromatic rings. The number of amides is 2. The number of carboxylic acid groups (broad SMARTS) is 1. The molecule has 1 fully saturated rings. The van der Waals surface area contributed by atoms with Gasteiger partial charge in [-0.1, -0.05) is 32.0 Å². The van der Waals surface area contributed by atoms with Crippen molar-refractivity contribution in [1.29, 1.82) is 0 Å². The molecule has 0 aliphatic carbocycles. The number of piperidine rings is 1. The lowest BCUT2D eigenvalue weighted by atomic mass is 10.0. The van der Waals surface area contributed by atoms with Gasteiger partial charge in [-0.15, -0.1) is 0 Å². The number of ether oxygens (including phenoxy) is 2. The van der Waals surface area contributed by atoms with Gasteiger partial charge in [-0.3, -0.25) is 4.79 Å². The van der Waals surface area contributed by atoms with Crippen LogP contribution in [0.1, 0.15) is 44.7 Å². The minimum Gasteiger partial charge on any atom is -0.493 e. The van der Waals surface area contributed by atoms with Gasteiger partial charge in [0, 0.05) is 31.1 Å². The van der Waals surface area contributed by atoms with E-state index in [1.165, 1.54) is 19.1 Å². The summed E-state index contributed by atoms with van der Waals surface area (Å²) in [6, 6.07) is 11.6. The van der Waals surface area contributed by atoms with E-state index in [1.807, 2.05) is 24.3 Å². The maximum Gasteiger partial charge on any atom is 0.490 e. The number of nitrogens with zero attached hydrogens (tertiary/aromatic N) is 2. The highest BCUT2D eigenvalue weighted by Gasteiger charge is 2.38. The van der Waals surface area contributed by atoms with E-state index in [2.05, 4.69) is 31.1 Å². The number of esters is 1. The maximum absolute atomic E-state index is 13.8. The van der Waals surface area contributed by atoms with Crippen LogP contribution in [0.15, 0.2) is 42.5 Å². The fourth-order valence-electron chi connectivity index (χ4n) is 4.01. The molecule has 0 unspecified atom stereocenters. The van der Waals surface area contributed by atoms with Crippen molar-refractivity contribution >= 4 is 18.0 Å². The Kier molecular flexibility index (Phi) is 13.0. The van der Waals surface area contributed by atoms with Gasteiger partial charge in [0.2, 0.25) is 0 Å². The zero-order valence-electron chi connectivity index (χ0n) is 24.0. The van der Waals surface area contributed by atoms with Crippen molar-refractivity contribution in [3.63, 3.8) is 0 Å². The Bertz CT molecular complexity index is 1180. The minimum atomic E-state index is -5.08. The molecule has 1 aliphatic rings. The van der Waals surface area contributed by atoms with E-state index in [0.717, 1.165) is 37.2 Å². The summed E-state index contributed by atoms with van der Waals surface area (Å²) in [6.07, 6.45) is -3.42. The van der Waals surface area contributed by atoms with Crippen molar-refractivity contribution in [3.05, 3.63) is 59.4 Å². The Labute approximate surface area is 242 Å². The predicted molar refractivity (Wildman–Crippen MR) is 146 cm³/mol. The second-order valence-corrected chi connectivity index (χ2v) is 10.3. The van der Waals surface area contributed by atoms with Gasteiger partial charge < -0.3 is 29.7 Å². The SMILES string of the molecule is CC(=O)Oc1cc(F)ccc1CN(C(=O)NCc1ccc(OCC(C)C)cc1)C1CCN(C)CC1.O=C(O)C(F)(F)F. The number of carboxylic acids is 1. The summed E-state index contributed by atoms with van der Waals surface area (Å²) in [5.74, 6) is -2.40. The molecule has 1 aliphatic heterocycles. The highest BCUT2D eigenvalue weighted by atomic mass is 19.4. The Morgan fingerprint density at radius 3 is 2.21 bits per heavy atom. The van der Waals surface area contributed by atoms with Gasteiger partial charge in [0.1, 0.15) is 17.3 Å². The van der Waals surface area contributed by atoms with E-state index in [-0.39, 0.29) is 24.4 Å². The van der Waals surface area contributed by atoms with Crippen LogP contribution in [0.5, 0.6) is 11.5 Å². The molecule has 2 amide bonds. The third-order valence-electron chi connectivity index (χ3n) is 6.21. The van der Waals surface area contributed by atoms with Gasteiger partial charge in [-0.2, -0.15) is 13.2 Å². The third-order valence-corrected chi connectivity index (χ3v) is 6.21. The molecule has 232 valence electrons. The van der Waals surface area contributed by atoms with Crippen molar-refractivity contribution in [3.8, 4) is 11.5 Å². The summed E-state index contributed by atoms with van der Waals surface area (Å²) >= 11 is 0. The van der Waals surface area contributed by atoms with Crippen molar-refractivity contribution in [2.75, 3.05) is 26.7 Å². The Hall–Kier alpha value is -3.87. The lowest BCUT2D eigenvalue weighted by molar-refractivity contribution is -0.192. The van der Waals surface area contributed by atoms with Crippen LogP contribution in [-0.2, 0) is 22.7 Å². The number of nitrogens with one attached hydrogen (secondary N) is 1. The highest BCUT2D eigenvalue weighted by molar-refractivity contribution is 5.75. The first-order valence-electron chi connectivity index (χ1n) is 13.4. The van der Waals surface area contributed by atoms with E-state index in [0.29, 0.717) is 24.6 Å². The second kappa shape index (κ2) is 15.9.